The summed E-state index contributed by atoms with van der Waals surface area (Å²) in [5.74, 6) is 2.35. The summed E-state index contributed by atoms with van der Waals surface area (Å²) >= 11 is 0. The fourth-order valence-electron chi connectivity index (χ4n) is 3.37. The second-order valence-corrected chi connectivity index (χ2v) is 6.55. The lowest BCUT2D eigenvalue weighted by molar-refractivity contribution is -0.128. The Bertz CT molecular complexity index is 303. The van der Waals surface area contributed by atoms with E-state index >= 15 is 0 Å². The number of carbonyl (C=O) groups excluding carboxylic acids is 1. The maximum Gasteiger partial charge on any atom is 0.223 e. The molecule has 2 aliphatic rings. The van der Waals surface area contributed by atoms with Gasteiger partial charge in [-0.05, 0) is 43.9 Å². The van der Waals surface area contributed by atoms with Crippen LogP contribution in [0.2, 0.25) is 0 Å². The smallest absolute Gasteiger partial charge is 0.223 e. The van der Waals surface area contributed by atoms with Crippen molar-refractivity contribution in [2.45, 2.75) is 52.0 Å². The van der Waals surface area contributed by atoms with Crippen LogP contribution in [0.25, 0.3) is 0 Å². The van der Waals surface area contributed by atoms with E-state index < -0.39 is 0 Å². The first kappa shape index (κ1) is 12.9. The highest BCUT2D eigenvalue weighted by Gasteiger charge is 2.44. The Hall–Kier alpha value is -0.570. The van der Waals surface area contributed by atoms with Crippen LogP contribution in [0.4, 0.5) is 0 Å². The zero-order valence-corrected chi connectivity index (χ0v) is 11.3. The summed E-state index contributed by atoms with van der Waals surface area (Å²) in [5, 5.41) is 3.21. The topological polar surface area (TPSA) is 55.1 Å². The minimum atomic E-state index is -0.251. The van der Waals surface area contributed by atoms with Crippen LogP contribution in [-0.4, -0.2) is 18.0 Å². The molecule has 2 saturated carbocycles. The van der Waals surface area contributed by atoms with Gasteiger partial charge in [-0.2, -0.15) is 0 Å². The first-order chi connectivity index (χ1) is 7.96. The SMILES string of the molecule is CC(C)C(C)(CN)NC(=O)C1CC2CCC1C2. The van der Waals surface area contributed by atoms with E-state index in [0.717, 1.165) is 12.3 Å². The van der Waals surface area contributed by atoms with Crippen molar-refractivity contribution in [3.05, 3.63) is 0 Å². The summed E-state index contributed by atoms with van der Waals surface area (Å²) in [6.45, 7) is 6.81. The summed E-state index contributed by atoms with van der Waals surface area (Å²) in [7, 11) is 0. The Morgan fingerprint density at radius 2 is 2.12 bits per heavy atom. The molecule has 3 nitrogen and oxygen atoms in total. The Balaban J connectivity index is 1.97. The van der Waals surface area contributed by atoms with Crippen LogP contribution in [0.5, 0.6) is 0 Å². The van der Waals surface area contributed by atoms with Gasteiger partial charge in [-0.15, -0.1) is 0 Å². The predicted molar refractivity (Wildman–Crippen MR) is 69.4 cm³/mol. The second-order valence-electron chi connectivity index (χ2n) is 6.55. The van der Waals surface area contributed by atoms with Crippen LogP contribution in [-0.2, 0) is 4.79 Å². The summed E-state index contributed by atoms with van der Waals surface area (Å²) < 4.78 is 0. The molecular weight excluding hydrogens is 212 g/mol. The lowest BCUT2D eigenvalue weighted by Crippen LogP contribution is -2.56. The van der Waals surface area contributed by atoms with Gasteiger partial charge in [-0.25, -0.2) is 0 Å². The fraction of sp³-hybridized carbons (Fsp3) is 0.929. The minimum absolute atomic E-state index is 0.249. The van der Waals surface area contributed by atoms with Crippen molar-refractivity contribution in [2.75, 3.05) is 6.54 Å². The standard InChI is InChI=1S/C14H26N2O/c1-9(2)14(3,8-15)16-13(17)12-7-10-4-5-11(12)6-10/h9-12H,4-8,15H2,1-3H3,(H,16,17). The lowest BCUT2D eigenvalue weighted by Gasteiger charge is -2.35. The van der Waals surface area contributed by atoms with Crippen molar-refractivity contribution >= 4 is 5.91 Å². The van der Waals surface area contributed by atoms with E-state index in [9.17, 15) is 4.79 Å². The molecule has 0 aromatic heterocycles. The largest absolute Gasteiger partial charge is 0.349 e. The van der Waals surface area contributed by atoms with Gasteiger partial charge in [0.25, 0.3) is 0 Å². The van der Waals surface area contributed by atoms with Gasteiger partial charge in [0.15, 0.2) is 0 Å². The van der Waals surface area contributed by atoms with Crippen molar-refractivity contribution in [3.8, 4) is 0 Å². The molecule has 2 aliphatic carbocycles. The van der Waals surface area contributed by atoms with Crippen LogP contribution in [0.15, 0.2) is 0 Å². The molecule has 98 valence electrons. The molecule has 4 unspecified atom stereocenters. The molecular formula is C14H26N2O. The number of hydrogen-bond acceptors (Lipinski definition) is 2. The molecule has 4 atom stereocenters. The van der Waals surface area contributed by atoms with E-state index in [0.29, 0.717) is 18.4 Å². The molecule has 0 spiro atoms. The molecule has 0 aromatic rings. The fourth-order valence-corrected chi connectivity index (χ4v) is 3.37. The van der Waals surface area contributed by atoms with Crippen LogP contribution >= 0.6 is 0 Å². The van der Waals surface area contributed by atoms with Crippen molar-refractivity contribution in [3.63, 3.8) is 0 Å². The number of carbonyl (C=O) groups is 1. The van der Waals surface area contributed by atoms with Crippen molar-refractivity contribution in [2.24, 2.45) is 29.4 Å². The van der Waals surface area contributed by atoms with Gasteiger partial charge in [0.2, 0.25) is 5.91 Å². The lowest BCUT2D eigenvalue weighted by atomic mass is 9.84. The molecule has 3 heteroatoms. The Labute approximate surface area is 105 Å². The molecule has 2 rings (SSSR count). The third kappa shape index (κ3) is 2.35. The summed E-state index contributed by atoms with van der Waals surface area (Å²) in [4.78, 5) is 12.3. The van der Waals surface area contributed by atoms with E-state index in [2.05, 4.69) is 26.1 Å². The van der Waals surface area contributed by atoms with Gasteiger partial charge in [0.05, 0.1) is 5.54 Å². The van der Waals surface area contributed by atoms with Crippen LogP contribution < -0.4 is 11.1 Å². The minimum Gasteiger partial charge on any atom is -0.349 e. The highest BCUT2D eigenvalue weighted by atomic mass is 16.2. The quantitative estimate of drug-likeness (QED) is 0.786. The Morgan fingerprint density at radius 3 is 2.53 bits per heavy atom. The molecule has 0 radical (unpaired) electrons. The van der Waals surface area contributed by atoms with Gasteiger partial charge < -0.3 is 11.1 Å². The Kier molecular flexibility index (Phi) is 3.48. The van der Waals surface area contributed by atoms with Crippen molar-refractivity contribution in [1.29, 1.82) is 0 Å². The summed E-state index contributed by atoms with van der Waals surface area (Å²) in [5.41, 5.74) is 5.57. The average Bonchev–Trinajstić information content (AvgIpc) is 2.90. The maximum absolute atomic E-state index is 12.3. The first-order valence-electron chi connectivity index (χ1n) is 6.98. The van der Waals surface area contributed by atoms with Crippen LogP contribution in [0.1, 0.15) is 46.5 Å². The highest BCUT2D eigenvalue weighted by Crippen LogP contribution is 2.48. The predicted octanol–water partition coefficient (Wildman–Crippen LogP) is 1.91. The highest BCUT2D eigenvalue weighted by molar-refractivity contribution is 5.80. The first-order valence-corrected chi connectivity index (χ1v) is 6.98. The van der Waals surface area contributed by atoms with Gasteiger partial charge in [-0.1, -0.05) is 20.3 Å². The summed E-state index contributed by atoms with van der Waals surface area (Å²) in [6.07, 6.45) is 4.98. The molecule has 0 heterocycles. The molecule has 1 amide bonds. The van der Waals surface area contributed by atoms with E-state index in [1.54, 1.807) is 0 Å². The molecule has 17 heavy (non-hydrogen) atoms. The number of amides is 1. The zero-order chi connectivity index (χ0) is 12.6. The number of fused-ring (bicyclic) bond motifs is 2. The third-order valence-corrected chi connectivity index (χ3v) is 5.18. The molecule has 3 N–H and O–H groups in total. The normalized spacial score (nSPS) is 35.0. The maximum atomic E-state index is 12.3. The number of nitrogens with one attached hydrogen (secondary N) is 1. The van der Waals surface area contributed by atoms with Gasteiger partial charge >= 0.3 is 0 Å². The molecule has 0 aliphatic heterocycles. The molecule has 2 bridgehead atoms. The van der Waals surface area contributed by atoms with Crippen molar-refractivity contribution < 1.29 is 4.79 Å². The Morgan fingerprint density at radius 1 is 1.41 bits per heavy atom. The van der Waals surface area contributed by atoms with Crippen LogP contribution in [0.3, 0.4) is 0 Å². The van der Waals surface area contributed by atoms with E-state index in [1.807, 2.05) is 0 Å². The van der Waals surface area contributed by atoms with E-state index in [4.69, 9.17) is 5.73 Å². The summed E-state index contributed by atoms with van der Waals surface area (Å²) in [6, 6.07) is 0. The average molecular weight is 238 g/mol. The van der Waals surface area contributed by atoms with Gasteiger partial charge in [-0.3, -0.25) is 4.79 Å². The van der Waals surface area contributed by atoms with E-state index in [-0.39, 0.29) is 17.4 Å². The third-order valence-electron chi connectivity index (χ3n) is 5.18. The molecule has 2 fully saturated rings. The van der Waals surface area contributed by atoms with Gasteiger partial charge in [0, 0.05) is 12.5 Å². The molecule has 0 saturated heterocycles. The van der Waals surface area contributed by atoms with Crippen molar-refractivity contribution in [1.82, 2.24) is 5.32 Å². The number of hydrogen-bond donors (Lipinski definition) is 2. The van der Waals surface area contributed by atoms with E-state index in [1.165, 1.54) is 19.3 Å². The monoisotopic (exact) mass is 238 g/mol. The van der Waals surface area contributed by atoms with Gasteiger partial charge in [0.1, 0.15) is 0 Å². The molecule has 0 aromatic carbocycles. The number of rotatable bonds is 4. The number of nitrogens with two attached hydrogens (primary N) is 1. The van der Waals surface area contributed by atoms with Crippen LogP contribution in [0, 0.1) is 23.7 Å². The zero-order valence-electron chi connectivity index (χ0n) is 11.3. The second kappa shape index (κ2) is 4.60.